The summed E-state index contributed by atoms with van der Waals surface area (Å²) in [6.45, 7) is 1.71. The van der Waals surface area contributed by atoms with Gasteiger partial charge in [0.05, 0.1) is 0 Å². The lowest BCUT2D eigenvalue weighted by Crippen LogP contribution is -2.37. The largest absolute Gasteiger partial charge is 0.386 e. The summed E-state index contributed by atoms with van der Waals surface area (Å²) in [4.78, 5) is 2.74. The third kappa shape index (κ3) is 2.66. The summed E-state index contributed by atoms with van der Waals surface area (Å²) < 4.78 is 0. The van der Waals surface area contributed by atoms with Crippen molar-refractivity contribution in [2.45, 2.75) is 38.3 Å². The lowest BCUT2D eigenvalue weighted by atomic mass is 9.79. The molecule has 1 saturated carbocycles. The zero-order valence-electron chi connectivity index (χ0n) is 8.48. The molecule has 15 heavy (non-hydrogen) atoms. The molecule has 1 aliphatic carbocycles. The molecule has 0 aromatic carbocycles. The van der Waals surface area contributed by atoms with E-state index in [1.165, 1.54) is 11.3 Å². The molecule has 0 aliphatic heterocycles. The molecule has 0 saturated heterocycles. The quantitative estimate of drug-likeness (QED) is 0.795. The Bertz CT molecular complexity index is 325. The SMILES string of the molecule is C[C@H](O)c1nnc(C[C@H]2C[C@H](NCl)C2)s1. The van der Waals surface area contributed by atoms with E-state index in [-0.39, 0.29) is 0 Å². The first-order chi connectivity index (χ1) is 7.19. The second-order valence-corrected chi connectivity index (χ2v) is 5.37. The Morgan fingerprint density at radius 1 is 1.60 bits per heavy atom. The Hall–Kier alpha value is -0.230. The van der Waals surface area contributed by atoms with Crippen LogP contribution in [0.1, 0.15) is 35.9 Å². The number of aromatic nitrogens is 2. The number of rotatable bonds is 4. The van der Waals surface area contributed by atoms with Gasteiger partial charge in [-0.1, -0.05) is 11.3 Å². The van der Waals surface area contributed by atoms with E-state index in [4.69, 9.17) is 11.8 Å². The number of hydrogen-bond acceptors (Lipinski definition) is 5. The number of nitrogens with zero attached hydrogens (tertiary/aromatic N) is 2. The normalized spacial score (nSPS) is 27.4. The van der Waals surface area contributed by atoms with Crippen LogP contribution in [0.25, 0.3) is 0 Å². The van der Waals surface area contributed by atoms with Crippen LogP contribution < -0.4 is 4.84 Å². The van der Waals surface area contributed by atoms with Crippen molar-refractivity contribution in [3.05, 3.63) is 10.0 Å². The molecule has 1 aliphatic rings. The predicted octanol–water partition coefficient (Wildman–Crippen LogP) is 1.66. The Balaban J connectivity index is 1.84. The highest BCUT2D eigenvalue weighted by Crippen LogP contribution is 2.32. The molecule has 1 heterocycles. The highest BCUT2D eigenvalue weighted by Gasteiger charge is 2.29. The molecule has 4 nitrogen and oxygen atoms in total. The molecule has 6 heteroatoms. The monoisotopic (exact) mass is 247 g/mol. The molecule has 84 valence electrons. The van der Waals surface area contributed by atoms with E-state index >= 15 is 0 Å². The van der Waals surface area contributed by atoms with Crippen molar-refractivity contribution < 1.29 is 5.11 Å². The van der Waals surface area contributed by atoms with Gasteiger partial charge in [0.1, 0.15) is 16.1 Å². The molecule has 2 N–H and O–H groups in total. The maximum Gasteiger partial charge on any atom is 0.145 e. The van der Waals surface area contributed by atoms with Crippen LogP contribution in [0, 0.1) is 5.92 Å². The Kier molecular flexibility index (Phi) is 3.56. The smallest absolute Gasteiger partial charge is 0.145 e. The molecule has 0 bridgehead atoms. The second-order valence-electron chi connectivity index (χ2n) is 4.06. The van der Waals surface area contributed by atoms with Crippen molar-refractivity contribution in [1.82, 2.24) is 15.0 Å². The average molecular weight is 248 g/mol. The lowest BCUT2D eigenvalue weighted by molar-refractivity contribution is 0.198. The topological polar surface area (TPSA) is 58.0 Å². The summed E-state index contributed by atoms with van der Waals surface area (Å²) >= 11 is 7.01. The summed E-state index contributed by atoms with van der Waals surface area (Å²) in [7, 11) is 0. The molecule has 0 unspecified atom stereocenters. The summed E-state index contributed by atoms with van der Waals surface area (Å²) in [5.74, 6) is 0.663. The van der Waals surface area contributed by atoms with Crippen LogP contribution >= 0.6 is 23.1 Å². The number of nitrogens with one attached hydrogen (secondary N) is 1. The van der Waals surface area contributed by atoms with Crippen molar-refractivity contribution >= 4 is 23.1 Å². The fourth-order valence-corrected chi connectivity index (χ4v) is 2.83. The van der Waals surface area contributed by atoms with E-state index in [0.717, 1.165) is 24.3 Å². The lowest BCUT2D eigenvalue weighted by Gasteiger charge is -2.33. The van der Waals surface area contributed by atoms with Crippen molar-refractivity contribution in [2.24, 2.45) is 5.92 Å². The third-order valence-electron chi connectivity index (χ3n) is 2.69. The van der Waals surface area contributed by atoms with E-state index < -0.39 is 6.10 Å². The third-order valence-corrected chi connectivity index (χ3v) is 4.12. The summed E-state index contributed by atoms with van der Waals surface area (Å²) in [6.07, 6.45) is 2.66. The number of hydrogen-bond donors (Lipinski definition) is 2. The predicted molar refractivity (Wildman–Crippen MR) is 59.7 cm³/mol. The molecule has 1 fully saturated rings. The van der Waals surface area contributed by atoms with Crippen LogP contribution in [0.3, 0.4) is 0 Å². The molecule has 1 atom stereocenters. The maximum absolute atomic E-state index is 9.30. The Morgan fingerprint density at radius 2 is 2.33 bits per heavy atom. The van der Waals surface area contributed by atoms with Gasteiger partial charge in [-0.3, -0.25) is 0 Å². The second kappa shape index (κ2) is 4.74. The van der Waals surface area contributed by atoms with E-state index in [1.807, 2.05) is 0 Å². The first kappa shape index (κ1) is 11.3. The van der Waals surface area contributed by atoms with E-state index in [2.05, 4.69) is 15.0 Å². The van der Waals surface area contributed by atoms with Gasteiger partial charge in [-0.05, 0) is 37.5 Å². The number of halogens is 1. The van der Waals surface area contributed by atoms with Crippen molar-refractivity contribution in [3.8, 4) is 0 Å². The Morgan fingerprint density at radius 3 is 2.87 bits per heavy atom. The van der Waals surface area contributed by atoms with Crippen molar-refractivity contribution in [3.63, 3.8) is 0 Å². The van der Waals surface area contributed by atoms with Gasteiger partial charge >= 0.3 is 0 Å². The minimum atomic E-state index is -0.505. The van der Waals surface area contributed by atoms with Crippen LogP contribution in [0.15, 0.2) is 0 Å². The van der Waals surface area contributed by atoms with Crippen molar-refractivity contribution in [1.29, 1.82) is 0 Å². The van der Waals surface area contributed by atoms with Crippen LogP contribution in [0.4, 0.5) is 0 Å². The van der Waals surface area contributed by atoms with Gasteiger partial charge in [0, 0.05) is 12.5 Å². The van der Waals surface area contributed by atoms with Gasteiger partial charge in [0.25, 0.3) is 0 Å². The van der Waals surface area contributed by atoms with Crippen LogP contribution in [0.5, 0.6) is 0 Å². The van der Waals surface area contributed by atoms with Gasteiger partial charge in [-0.25, -0.2) is 4.84 Å². The van der Waals surface area contributed by atoms with E-state index in [1.54, 1.807) is 6.92 Å². The highest BCUT2D eigenvalue weighted by atomic mass is 35.5. The summed E-state index contributed by atoms with van der Waals surface area (Å²) in [5, 5.41) is 19.0. The summed E-state index contributed by atoms with van der Waals surface area (Å²) in [6, 6.07) is 0.459. The molecular formula is C9H14ClN3OS. The highest BCUT2D eigenvalue weighted by molar-refractivity contribution is 7.11. The minimum Gasteiger partial charge on any atom is -0.386 e. The molecule has 1 aromatic heterocycles. The van der Waals surface area contributed by atoms with Gasteiger partial charge in [0.15, 0.2) is 0 Å². The number of aliphatic hydroxyl groups excluding tert-OH is 1. The summed E-state index contributed by atoms with van der Waals surface area (Å²) in [5.41, 5.74) is 0. The maximum atomic E-state index is 9.30. The van der Waals surface area contributed by atoms with Crippen LogP contribution in [-0.2, 0) is 6.42 Å². The van der Waals surface area contributed by atoms with Gasteiger partial charge in [-0.15, -0.1) is 10.2 Å². The first-order valence-corrected chi connectivity index (χ1v) is 6.25. The molecule has 1 aromatic rings. The molecule has 0 radical (unpaired) electrons. The Labute approximate surface area is 97.8 Å². The minimum absolute atomic E-state index is 0.459. The van der Waals surface area contributed by atoms with Crippen molar-refractivity contribution in [2.75, 3.05) is 0 Å². The van der Waals surface area contributed by atoms with Gasteiger partial charge in [-0.2, -0.15) is 0 Å². The molecular weight excluding hydrogens is 234 g/mol. The zero-order valence-corrected chi connectivity index (χ0v) is 10.1. The fourth-order valence-electron chi connectivity index (χ4n) is 1.76. The average Bonchev–Trinajstić information content (AvgIpc) is 2.58. The number of aliphatic hydroxyl groups is 1. The van der Waals surface area contributed by atoms with E-state index in [9.17, 15) is 5.11 Å². The zero-order chi connectivity index (χ0) is 10.8. The molecule has 2 rings (SSSR count). The van der Waals surface area contributed by atoms with Crippen LogP contribution in [0.2, 0.25) is 0 Å². The van der Waals surface area contributed by atoms with Gasteiger partial charge in [0.2, 0.25) is 0 Å². The standard InChI is InChI=1S/C9H14ClN3OS/c1-5(14)9-13-12-8(15-9)4-6-2-7(3-6)11-10/h5-7,11,14H,2-4H2,1H3/t5-,6-,7-/m0/s1. The van der Waals surface area contributed by atoms with Crippen LogP contribution in [-0.4, -0.2) is 21.3 Å². The fraction of sp³-hybridized carbons (Fsp3) is 0.778. The molecule has 0 amide bonds. The van der Waals surface area contributed by atoms with Gasteiger partial charge < -0.3 is 5.11 Å². The molecule has 0 spiro atoms. The first-order valence-electron chi connectivity index (χ1n) is 5.05. The van der Waals surface area contributed by atoms with E-state index in [0.29, 0.717) is 17.0 Å².